The lowest BCUT2D eigenvalue weighted by molar-refractivity contribution is -0.115. The van der Waals surface area contributed by atoms with Crippen LogP contribution in [0.4, 0.5) is 0 Å². The van der Waals surface area contributed by atoms with Crippen LogP contribution in [0.25, 0.3) is 0 Å². The summed E-state index contributed by atoms with van der Waals surface area (Å²) in [6, 6.07) is 0. The van der Waals surface area contributed by atoms with Crippen LogP contribution in [0.3, 0.4) is 0 Å². The van der Waals surface area contributed by atoms with E-state index in [-0.39, 0.29) is 5.78 Å². The van der Waals surface area contributed by atoms with Crippen molar-refractivity contribution in [2.75, 3.05) is 0 Å². The second-order valence-corrected chi connectivity index (χ2v) is 4.13. The third-order valence-corrected chi connectivity index (χ3v) is 2.03. The van der Waals surface area contributed by atoms with Gasteiger partial charge in [-0.3, -0.25) is 4.79 Å². The van der Waals surface area contributed by atoms with E-state index in [0.29, 0.717) is 17.9 Å². The van der Waals surface area contributed by atoms with E-state index in [4.69, 9.17) is 0 Å². The maximum Gasteiger partial charge on any atom is 0.165 e. The van der Waals surface area contributed by atoms with Crippen LogP contribution in [-0.4, -0.2) is 20.5 Å². The maximum absolute atomic E-state index is 11.5. The number of allylic oxidation sites excluding steroid dienone is 1. The van der Waals surface area contributed by atoms with Gasteiger partial charge in [0.1, 0.15) is 12.2 Å². The summed E-state index contributed by atoms with van der Waals surface area (Å²) in [6.07, 6.45) is 1.78. The standard InChI is InChI=1S/C11H17N3O/c1-8(2)6-14-11(12-7-13-14)5-10(15)9(3)4/h7-8H,3,5-6H2,1-2,4H3. The Labute approximate surface area is 90.0 Å². The topological polar surface area (TPSA) is 47.8 Å². The lowest BCUT2D eigenvalue weighted by Gasteiger charge is -2.07. The Bertz CT molecular complexity index is 366. The van der Waals surface area contributed by atoms with Crippen LogP contribution in [0.5, 0.6) is 0 Å². The van der Waals surface area contributed by atoms with Crippen LogP contribution < -0.4 is 0 Å². The van der Waals surface area contributed by atoms with Crippen molar-refractivity contribution in [1.82, 2.24) is 14.8 Å². The molecule has 0 aliphatic carbocycles. The third-order valence-electron chi connectivity index (χ3n) is 2.03. The number of Topliss-reactive ketones (excluding diaryl/α,β-unsaturated/α-hetero) is 1. The Morgan fingerprint density at radius 3 is 2.80 bits per heavy atom. The zero-order valence-electron chi connectivity index (χ0n) is 9.53. The molecule has 15 heavy (non-hydrogen) atoms. The molecule has 0 aromatic carbocycles. The normalized spacial score (nSPS) is 10.7. The van der Waals surface area contributed by atoms with E-state index < -0.39 is 0 Å². The van der Waals surface area contributed by atoms with Crippen molar-refractivity contribution in [1.29, 1.82) is 0 Å². The molecule has 0 saturated heterocycles. The first-order valence-corrected chi connectivity index (χ1v) is 5.06. The molecular formula is C11H17N3O. The Kier molecular flexibility index (Phi) is 3.77. The number of carbonyl (C=O) groups is 1. The van der Waals surface area contributed by atoms with Crippen molar-refractivity contribution in [3.05, 3.63) is 24.3 Å². The van der Waals surface area contributed by atoms with E-state index in [2.05, 4.69) is 30.5 Å². The minimum absolute atomic E-state index is 0.0213. The molecule has 1 aromatic rings. The fraction of sp³-hybridized carbons (Fsp3) is 0.545. The number of nitrogens with zero attached hydrogens (tertiary/aromatic N) is 3. The monoisotopic (exact) mass is 207 g/mol. The van der Waals surface area contributed by atoms with Crippen LogP contribution in [-0.2, 0) is 17.8 Å². The van der Waals surface area contributed by atoms with Crippen molar-refractivity contribution < 1.29 is 4.79 Å². The van der Waals surface area contributed by atoms with E-state index >= 15 is 0 Å². The zero-order valence-corrected chi connectivity index (χ0v) is 9.53. The minimum Gasteiger partial charge on any atom is -0.294 e. The molecule has 0 bridgehead atoms. The van der Waals surface area contributed by atoms with Gasteiger partial charge in [0.05, 0.1) is 6.42 Å². The smallest absolute Gasteiger partial charge is 0.165 e. The molecule has 0 radical (unpaired) electrons. The van der Waals surface area contributed by atoms with Gasteiger partial charge in [-0.25, -0.2) is 9.67 Å². The van der Waals surface area contributed by atoms with Crippen molar-refractivity contribution >= 4 is 5.78 Å². The van der Waals surface area contributed by atoms with Crippen LogP contribution in [0.15, 0.2) is 18.5 Å². The first kappa shape index (κ1) is 11.6. The van der Waals surface area contributed by atoms with Gasteiger partial charge in [-0.1, -0.05) is 20.4 Å². The first-order chi connectivity index (χ1) is 7.00. The summed E-state index contributed by atoms with van der Waals surface area (Å²) in [5, 5.41) is 4.09. The second-order valence-electron chi connectivity index (χ2n) is 4.13. The SMILES string of the molecule is C=C(C)C(=O)Cc1ncnn1CC(C)C. The molecule has 82 valence electrons. The molecule has 0 aliphatic heterocycles. The predicted octanol–water partition coefficient (Wildman–Crippen LogP) is 1.62. The van der Waals surface area contributed by atoms with Crippen LogP contribution >= 0.6 is 0 Å². The largest absolute Gasteiger partial charge is 0.294 e. The van der Waals surface area contributed by atoms with Gasteiger partial charge in [-0.15, -0.1) is 0 Å². The lowest BCUT2D eigenvalue weighted by atomic mass is 10.1. The fourth-order valence-electron chi connectivity index (χ4n) is 1.22. The lowest BCUT2D eigenvalue weighted by Crippen LogP contribution is -2.14. The molecular weight excluding hydrogens is 190 g/mol. The summed E-state index contributed by atoms with van der Waals surface area (Å²) < 4.78 is 1.78. The van der Waals surface area contributed by atoms with E-state index in [1.54, 1.807) is 11.6 Å². The van der Waals surface area contributed by atoms with E-state index in [1.165, 1.54) is 6.33 Å². The predicted molar refractivity (Wildman–Crippen MR) is 58.4 cm³/mol. The van der Waals surface area contributed by atoms with Gasteiger partial charge < -0.3 is 0 Å². The summed E-state index contributed by atoms with van der Waals surface area (Å²) in [6.45, 7) is 10.3. The second kappa shape index (κ2) is 4.87. The average Bonchev–Trinajstić information content (AvgIpc) is 2.51. The summed E-state index contributed by atoms with van der Waals surface area (Å²) in [5.74, 6) is 1.23. The molecule has 0 unspecified atom stereocenters. The highest BCUT2D eigenvalue weighted by molar-refractivity contribution is 5.95. The van der Waals surface area contributed by atoms with Gasteiger partial charge >= 0.3 is 0 Å². The molecule has 1 rings (SSSR count). The first-order valence-electron chi connectivity index (χ1n) is 5.06. The molecule has 1 aromatic heterocycles. The number of aromatic nitrogens is 3. The Morgan fingerprint density at radius 1 is 1.60 bits per heavy atom. The molecule has 0 spiro atoms. The summed E-state index contributed by atoms with van der Waals surface area (Å²) >= 11 is 0. The van der Waals surface area contributed by atoms with E-state index in [0.717, 1.165) is 12.4 Å². The Balaban J connectivity index is 2.73. The molecule has 0 saturated carbocycles. The number of carbonyl (C=O) groups excluding carboxylic acids is 1. The van der Waals surface area contributed by atoms with Crippen LogP contribution in [0.1, 0.15) is 26.6 Å². The molecule has 4 heteroatoms. The minimum atomic E-state index is 0.0213. The van der Waals surface area contributed by atoms with Gasteiger partial charge in [0.25, 0.3) is 0 Å². The van der Waals surface area contributed by atoms with Crippen LogP contribution in [0.2, 0.25) is 0 Å². The molecule has 0 amide bonds. The van der Waals surface area contributed by atoms with Gasteiger partial charge in [-0.2, -0.15) is 5.10 Å². The number of hydrogen-bond donors (Lipinski definition) is 0. The highest BCUT2D eigenvalue weighted by Crippen LogP contribution is 2.04. The Hall–Kier alpha value is -1.45. The summed E-state index contributed by atoms with van der Waals surface area (Å²) in [5.41, 5.74) is 0.564. The molecule has 1 heterocycles. The quantitative estimate of drug-likeness (QED) is 0.689. The number of hydrogen-bond acceptors (Lipinski definition) is 3. The Morgan fingerprint density at radius 2 is 2.27 bits per heavy atom. The number of ketones is 1. The van der Waals surface area contributed by atoms with Gasteiger partial charge in [0.2, 0.25) is 0 Å². The van der Waals surface area contributed by atoms with Crippen molar-refractivity contribution in [2.45, 2.75) is 33.7 Å². The highest BCUT2D eigenvalue weighted by Gasteiger charge is 2.11. The maximum atomic E-state index is 11.5. The van der Waals surface area contributed by atoms with Crippen LogP contribution in [0, 0.1) is 5.92 Å². The third kappa shape index (κ3) is 3.31. The molecule has 0 aliphatic rings. The van der Waals surface area contributed by atoms with Crippen molar-refractivity contribution in [3.63, 3.8) is 0 Å². The molecule has 0 N–H and O–H groups in total. The average molecular weight is 207 g/mol. The van der Waals surface area contributed by atoms with Crippen molar-refractivity contribution in [3.8, 4) is 0 Å². The molecule has 4 nitrogen and oxygen atoms in total. The van der Waals surface area contributed by atoms with Gasteiger partial charge in [0, 0.05) is 6.54 Å². The molecule has 0 fully saturated rings. The van der Waals surface area contributed by atoms with Gasteiger partial charge in [-0.05, 0) is 18.4 Å². The van der Waals surface area contributed by atoms with Gasteiger partial charge in [0.15, 0.2) is 5.78 Å². The zero-order chi connectivity index (χ0) is 11.4. The highest BCUT2D eigenvalue weighted by atomic mass is 16.1. The number of rotatable bonds is 5. The summed E-state index contributed by atoms with van der Waals surface area (Å²) in [4.78, 5) is 15.5. The molecule has 0 atom stereocenters. The van der Waals surface area contributed by atoms with E-state index in [1.807, 2.05) is 0 Å². The summed E-state index contributed by atoms with van der Waals surface area (Å²) in [7, 11) is 0. The van der Waals surface area contributed by atoms with Crippen molar-refractivity contribution in [2.24, 2.45) is 5.92 Å². The fourth-order valence-corrected chi connectivity index (χ4v) is 1.22. The van der Waals surface area contributed by atoms with E-state index in [9.17, 15) is 4.79 Å².